The number of hydrogen-bond acceptors (Lipinski definition) is 2. The largest absolute Gasteiger partial charge is 0.478 e. The Hall–Kier alpha value is -3.08. The summed E-state index contributed by atoms with van der Waals surface area (Å²) in [6, 6.07) is 12.6. The van der Waals surface area contributed by atoms with Gasteiger partial charge in [0.25, 0.3) is 0 Å². The Morgan fingerprint density at radius 3 is 2.23 bits per heavy atom. The van der Waals surface area contributed by atoms with Gasteiger partial charge in [-0.05, 0) is 42.0 Å². The molecular formula is C17H13FN2O2. The summed E-state index contributed by atoms with van der Waals surface area (Å²) in [6.07, 6.45) is 3.58. The van der Waals surface area contributed by atoms with Crippen LogP contribution in [0.5, 0.6) is 0 Å². The Bertz CT molecular complexity index is 821. The van der Waals surface area contributed by atoms with Crippen molar-refractivity contribution in [3.63, 3.8) is 0 Å². The molecule has 2 aromatic carbocycles. The SMILES string of the molecule is Nc1cn(-c2ccc(C(=O)O)cc2)cc1-c1ccc(F)cc1. The zero-order chi connectivity index (χ0) is 15.7. The maximum absolute atomic E-state index is 13.0. The smallest absolute Gasteiger partial charge is 0.335 e. The van der Waals surface area contributed by atoms with Crippen molar-refractivity contribution in [2.45, 2.75) is 0 Å². The molecule has 0 radical (unpaired) electrons. The molecule has 3 N–H and O–H groups in total. The van der Waals surface area contributed by atoms with E-state index in [0.717, 1.165) is 16.8 Å². The quantitative estimate of drug-likeness (QED) is 0.776. The van der Waals surface area contributed by atoms with Crippen LogP contribution in [0.25, 0.3) is 16.8 Å². The number of nitrogens with two attached hydrogens (primary N) is 1. The van der Waals surface area contributed by atoms with Gasteiger partial charge in [-0.2, -0.15) is 0 Å². The maximum atomic E-state index is 13.0. The average Bonchev–Trinajstić information content (AvgIpc) is 2.90. The minimum atomic E-state index is -0.967. The first-order valence-corrected chi connectivity index (χ1v) is 6.62. The molecule has 0 saturated heterocycles. The summed E-state index contributed by atoms with van der Waals surface area (Å²) >= 11 is 0. The van der Waals surface area contributed by atoms with Crippen LogP contribution in [-0.4, -0.2) is 15.6 Å². The standard InChI is InChI=1S/C17H13FN2O2/c18-13-5-1-11(2-6-13)15-9-20(10-16(15)19)14-7-3-12(4-8-14)17(21)22/h1-10H,19H2,(H,21,22). The van der Waals surface area contributed by atoms with E-state index in [9.17, 15) is 9.18 Å². The summed E-state index contributed by atoms with van der Waals surface area (Å²) in [7, 11) is 0. The number of carbonyl (C=O) groups is 1. The number of benzene rings is 2. The molecule has 5 heteroatoms. The third-order valence-electron chi connectivity index (χ3n) is 3.42. The lowest BCUT2D eigenvalue weighted by Crippen LogP contribution is -1.97. The van der Waals surface area contributed by atoms with Gasteiger partial charge in [0.1, 0.15) is 5.82 Å². The zero-order valence-electron chi connectivity index (χ0n) is 11.5. The van der Waals surface area contributed by atoms with Crippen molar-refractivity contribution in [1.29, 1.82) is 0 Å². The van der Waals surface area contributed by atoms with Crippen LogP contribution < -0.4 is 5.73 Å². The molecule has 3 aromatic rings. The molecule has 22 heavy (non-hydrogen) atoms. The summed E-state index contributed by atoms with van der Waals surface area (Å²) in [5.41, 5.74) is 9.22. The molecule has 0 aliphatic carbocycles. The fourth-order valence-corrected chi connectivity index (χ4v) is 2.27. The minimum absolute atomic E-state index is 0.225. The molecule has 1 heterocycles. The van der Waals surface area contributed by atoms with Crippen LogP contribution in [0.15, 0.2) is 60.9 Å². The summed E-state index contributed by atoms with van der Waals surface area (Å²) < 4.78 is 14.8. The van der Waals surface area contributed by atoms with Gasteiger partial charge in [-0.3, -0.25) is 0 Å². The van der Waals surface area contributed by atoms with Crippen LogP contribution in [0, 0.1) is 5.82 Å². The van der Waals surface area contributed by atoms with Crippen molar-refractivity contribution in [1.82, 2.24) is 4.57 Å². The van der Waals surface area contributed by atoms with Crippen LogP contribution in [0.2, 0.25) is 0 Å². The van der Waals surface area contributed by atoms with E-state index in [4.69, 9.17) is 10.8 Å². The first-order chi connectivity index (χ1) is 10.5. The van der Waals surface area contributed by atoms with E-state index in [-0.39, 0.29) is 11.4 Å². The van der Waals surface area contributed by atoms with E-state index in [1.807, 2.05) is 6.20 Å². The molecule has 4 nitrogen and oxygen atoms in total. The molecule has 0 amide bonds. The first-order valence-electron chi connectivity index (χ1n) is 6.62. The van der Waals surface area contributed by atoms with Crippen molar-refractivity contribution in [2.75, 3.05) is 5.73 Å². The molecule has 3 rings (SSSR count). The molecule has 0 fully saturated rings. The summed E-state index contributed by atoms with van der Waals surface area (Å²) in [5, 5.41) is 8.91. The summed E-state index contributed by atoms with van der Waals surface area (Å²) in [5.74, 6) is -1.27. The van der Waals surface area contributed by atoms with Gasteiger partial charge in [0, 0.05) is 23.6 Å². The van der Waals surface area contributed by atoms with E-state index in [1.54, 1.807) is 35.0 Å². The van der Waals surface area contributed by atoms with Gasteiger partial charge in [-0.15, -0.1) is 0 Å². The fourth-order valence-electron chi connectivity index (χ4n) is 2.27. The summed E-state index contributed by atoms with van der Waals surface area (Å²) in [4.78, 5) is 10.9. The number of nitrogen functional groups attached to an aromatic ring is 1. The maximum Gasteiger partial charge on any atom is 0.335 e. The highest BCUT2D eigenvalue weighted by atomic mass is 19.1. The molecular weight excluding hydrogens is 283 g/mol. The van der Waals surface area contributed by atoms with Crippen LogP contribution in [-0.2, 0) is 0 Å². The number of aromatic nitrogens is 1. The molecule has 1 aromatic heterocycles. The topological polar surface area (TPSA) is 68.2 Å². The Labute approximate surface area is 126 Å². The average molecular weight is 296 g/mol. The Morgan fingerprint density at radius 2 is 1.64 bits per heavy atom. The zero-order valence-corrected chi connectivity index (χ0v) is 11.5. The number of carboxylic acids is 1. The van der Waals surface area contributed by atoms with Gasteiger partial charge in [-0.25, -0.2) is 9.18 Å². The number of hydrogen-bond donors (Lipinski definition) is 2. The van der Waals surface area contributed by atoms with Gasteiger partial charge in [0.15, 0.2) is 0 Å². The van der Waals surface area contributed by atoms with Crippen molar-refractivity contribution in [2.24, 2.45) is 0 Å². The number of carboxylic acid groups (broad SMARTS) is 1. The predicted octanol–water partition coefficient (Wildman–Crippen LogP) is 3.56. The number of nitrogens with zero attached hydrogens (tertiary/aromatic N) is 1. The lowest BCUT2D eigenvalue weighted by molar-refractivity contribution is 0.0697. The van der Waals surface area contributed by atoms with Crippen molar-refractivity contribution in [3.05, 3.63) is 72.3 Å². The second-order valence-corrected chi connectivity index (χ2v) is 4.89. The second kappa shape index (κ2) is 5.37. The molecule has 0 saturated carbocycles. The van der Waals surface area contributed by atoms with Crippen molar-refractivity contribution < 1.29 is 14.3 Å². The number of aromatic carboxylic acids is 1. The molecule has 0 aliphatic rings. The van der Waals surface area contributed by atoms with Crippen LogP contribution >= 0.6 is 0 Å². The number of rotatable bonds is 3. The normalized spacial score (nSPS) is 10.6. The molecule has 0 atom stereocenters. The summed E-state index contributed by atoms with van der Waals surface area (Å²) in [6.45, 7) is 0. The van der Waals surface area contributed by atoms with Gasteiger partial charge in [0.2, 0.25) is 0 Å². The van der Waals surface area contributed by atoms with Gasteiger partial charge in [-0.1, -0.05) is 12.1 Å². The van der Waals surface area contributed by atoms with Crippen LogP contribution in [0.3, 0.4) is 0 Å². The molecule has 0 bridgehead atoms. The fraction of sp³-hybridized carbons (Fsp3) is 0. The highest BCUT2D eigenvalue weighted by Crippen LogP contribution is 2.28. The monoisotopic (exact) mass is 296 g/mol. The van der Waals surface area contributed by atoms with Crippen molar-refractivity contribution in [3.8, 4) is 16.8 Å². The van der Waals surface area contributed by atoms with Crippen LogP contribution in [0.1, 0.15) is 10.4 Å². The predicted molar refractivity (Wildman–Crippen MR) is 82.5 cm³/mol. The van der Waals surface area contributed by atoms with E-state index >= 15 is 0 Å². The third-order valence-corrected chi connectivity index (χ3v) is 3.42. The van der Waals surface area contributed by atoms with Gasteiger partial charge >= 0.3 is 5.97 Å². The molecule has 0 spiro atoms. The highest BCUT2D eigenvalue weighted by molar-refractivity contribution is 5.87. The Kier molecular flexibility index (Phi) is 3.39. The lowest BCUT2D eigenvalue weighted by atomic mass is 10.1. The van der Waals surface area contributed by atoms with E-state index in [2.05, 4.69) is 0 Å². The highest BCUT2D eigenvalue weighted by Gasteiger charge is 2.09. The van der Waals surface area contributed by atoms with E-state index in [0.29, 0.717) is 5.69 Å². The van der Waals surface area contributed by atoms with Gasteiger partial charge < -0.3 is 15.4 Å². The molecule has 110 valence electrons. The van der Waals surface area contributed by atoms with Crippen LogP contribution in [0.4, 0.5) is 10.1 Å². The Balaban J connectivity index is 1.98. The molecule has 0 aliphatic heterocycles. The number of anilines is 1. The van der Waals surface area contributed by atoms with E-state index < -0.39 is 5.97 Å². The Morgan fingerprint density at radius 1 is 1.00 bits per heavy atom. The van der Waals surface area contributed by atoms with Gasteiger partial charge in [0.05, 0.1) is 11.3 Å². The van der Waals surface area contributed by atoms with Crippen molar-refractivity contribution >= 4 is 11.7 Å². The lowest BCUT2D eigenvalue weighted by Gasteiger charge is -2.03. The first kappa shape index (κ1) is 13.9. The third kappa shape index (κ3) is 2.56. The molecule has 0 unspecified atom stereocenters. The minimum Gasteiger partial charge on any atom is -0.478 e. The number of halogens is 1. The van der Waals surface area contributed by atoms with E-state index in [1.165, 1.54) is 24.3 Å². The second-order valence-electron chi connectivity index (χ2n) is 4.89.